The molecule has 2 nitrogen and oxygen atoms in total. The van der Waals surface area contributed by atoms with Crippen LogP contribution in [0.1, 0.15) is 12.5 Å². The normalized spacial score (nSPS) is 9.83. The summed E-state index contributed by atoms with van der Waals surface area (Å²) in [6.07, 6.45) is 0. The molecule has 0 heterocycles. The van der Waals surface area contributed by atoms with E-state index < -0.39 is 0 Å². The maximum atomic E-state index is 5.25. The highest BCUT2D eigenvalue weighted by molar-refractivity contribution is 5.28. The Hall–Kier alpha value is -1.02. The molecule has 0 saturated heterocycles. The van der Waals surface area contributed by atoms with Crippen LogP contribution in [-0.2, 0) is 4.74 Å². The first kappa shape index (κ1) is 9.07. The predicted octanol–water partition coefficient (Wildman–Crippen LogP) is 2.24. The molecule has 0 spiro atoms. The van der Waals surface area contributed by atoms with E-state index in [4.69, 9.17) is 9.47 Å². The smallest absolute Gasteiger partial charge is 0.189 e. The molecule has 0 aromatic heterocycles. The van der Waals surface area contributed by atoms with Gasteiger partial charge in [-0.05, 0) is 31.5 Å². The van der Waals surface area contributed by atoms with E-state index in [1.165, 1.54) is 0 Å². The molecule has 2 heteroatoms. The van der Waals surface area contributed by atoms with Crippen molar-refractivity contribution in [3.05, 3.63) is 36.8 Å². The van der Waals surface area contributed by atoms with Gasteiger partial charge in [0, 0.05) is 6.61 Å². The van der Waals surface area contributed by atoms with Crippen molar-refractivity contribution in [2.75, 3.05) is 13.4 Å². The topological polar surface area (TPSA) is 18.5 Å². The summed E-state index contributed by atoms with van der Waals surface area (Å²) in [7, 11) is 0. The van der Waals surface area contributed by atoms with Crippen LogP contribution in [0.15, 0.2) is 24.3 Å². The summed E-state index contributed by atoms with van der Waals surface area (Å²) in [5.41, 5.74) is 0.985. The molecule has 0 unspecified atom stereocenters. The summed E-state index contributed by atoms with van der Waals surface area (Å²) in [6, 6.07) is 7.56. The number of hydrogen-bond acceptors (Lipinski definition) is 2. The average molecular weight is 165 g/mol. The van der Waals surface area contributed by atoms with Crippen LogP contribution in [0.5, 0.6) is 5.75 Å². The number of hydrogen-bond donors (Lipinski definition) is 0. The Kier molecular flexibility index (Phi) is 3.61. The third-order valence-corrected chi connectivity index (χ3v) is 1.44. The first-order valence-electron chi connectivity index (χ1n) is 3.95. The number of ether oxygens (including phenoxy) is 2. The molecule has 0 aliphatic rings. The van der Waals surface area contributed by atoms with Gasteiger partial charge in [0.2, 0.25) is 0 Å². The molecule has 1 aromatic rings. The lowest BCUT2D eigenvalue weighted by molar-refractivity contribution is 0.0224. The lowest BCUT2D eigenvalue weighted by atomic mass is 10.2. The van der Waals surface area contributed by atoms with Crippen molar-refractivity contribution < 1.29 is 9.47 Å². The molecule has 0 aliphatic heterocycles. The second kappa shape index (κ2) is 4.78. The Morgan fingerprint density at radius 1 is 1.25 bits per heavy atom. The quantitative estimate of drug-likeness (QED) is 0.503. The highest BCUT2D eigenvalue weighted by atomic mass is 16.7. The lowest BCUT2D eigenvalue weighted by Gasteiger charge is -2.05. The van der Waals surface area contributed by atoms with E-state index in [1.807, 2.05) is 31.2 Å². The minimum absolute atomic E-state index is 0.312. The molecule has 0 fully saturated rings. The molecule has 0 amide bonds. The van der Waals surface area contributed by atoms with E-state index in [2.05, 4.69) is 6.92 Å². The molecule has 0 bridgehead atoms. The fourth-order valence-electron chi connectivity index (χ4n) is 0.779. The standard InChI is InChI=1S/C10H13O2/c1-3-11-8-12-10-6-4-9(2)5-7-10/h4-7H,2-3,8H2,1H3. The molecular weight excluding hydrogens is 152 g/mol. The van der Waals surface area contributed by atoms with Gasteiger partial charge in [-0.3, -0.25) is 0 Å². The SMILES string of the molecule is [CH2]c1ccc(OCOCC)cc1. The zero-order chi connectivity index (χ0) is 8.81. The van der Waals surface area contributed by atoms with Crippen molar-refractivity contribution in [2.24, 2.45) is 0 Å². The molecule has 65 valence electrons. The largest absolute Gasteiger partial charge is 0.468 e. The van der Waals surface area contributed by atoms with E-state index in [0.29, 0.717) is 13.4 Å². The molecule has 12 heavy (non-hydrogen) atoms. The highest BCUT2D eigenvalue weighted by Gasteiger charge is 1.90. The van der Waals surface area contributed by atoms with E-state index in [-0.39, 0.29) is 0 Å². The van der Waals surface area contributed by atoms with Gasteiger partial charge in [-0.1, -0.05) is 12.1 Å². The van der Waals surface area contributed by atoms with Crippen molar-refractivity contribution in [3.8, 4) is 5.75 Å². The van der Waals surface area contributed by atoms with Crippen molar-refractivity contribution in [1.29, 1.82) is 0 Å². The van der Waals surface area contributed by atoms with Gasteiger partial charge in [-0.15, -0.1) is 0 Å². The monoisotopic (exact) mass is 165 g/mol. The number of rotatable bonds is 4. The van der Waals surface area contributed by atoms with Crippen molar-refractivity contribution in [3.63, 3.8) is 0 Å². The van der Waals surface area contributed by atoms with Gasteiger partial charge in [0.05, 0.1) is 0 Å². The maximum Gasteiger partial charge on any atom is 0.189 e. The van der Waals surface area contributed by atoms with Crippen LogP contribution in [-0.4, -0.2) is 13.4 Å². The van der Waals surface area contributed by atoms with Crippen molar-refractivity contribution in [1.82, 2.24) is 0 Å². The summed E-state index contributed by atoms with van der Waals surface area (Å²) < 4.78 is 10.3. The van der Waals surface area contributed by atoms with Crippen LogP contribution >= 0.6 is 0 Å². The summed E-state index contributed by atoms with van der Waals surface area (Å²) in [5, 5.41) is 0. The zero-order valence-corrected chi connectivity index (χ0v) is 7.25. The third-order valence-electron chi connectivity index (χ3n) is 1.44. The van der Waals surface area contributed by atoms with E-state index in [9.17, 15) is 0 Å². The molecule has 1 radical (unpaired) electrons. The third kappa shape index (κ3) is 2.93. The van der Waals surface area contributed by atoms with Gasteiger partial charge < -0.3 is 9.47 Å². The van der Waals surface area contributed by atoms with Gasteiger partial charge in [-0.2, -0.15) is 0 Å². The van der Waals surface area contributed by atoms with Crippen LogP contribution in [0.3, 0.4) is 0 Å². The zero-order valence-electron chi connectivity index (χ0n) is 7.25. The summed E-state index contributed by atoms with van der Waals surface area (Å²) in [6.45, 7) is 6.69. The molecule has 1 aromatic carbocycles. The van der Waals surface area contributed by atoms with Crippen LogP contribution in [0.4, 0.5) is 0 Å². The van der Waals surface area contributed by atoms with Gasteiger partial charge >= 0.3 is 0 Å². The molecule has 1 rings (SSSR count). The highest BCUT2D eigenvalue weighted by Crippen LogP contribution is 2.10. The second-order valence-electron chi connectivity index (χ2n) is 2.40. The van der Waals surface area contributed by atoms with Gasteiger partial charge in [0.15, 0.2) is 6.79 Å². The Morgan fingerprint density at radius 3 is 2.50 bits per heavy atom. The van der Waals surface area contributed by atoms with Crippen molar-refractivity contribution >= 4 is 0 Å². The lowest BCUT2D eigenvalue weighted by Crippen LogP contribution is -2.01. The summed E-state index contributed by atoms with van der Waals surface area (Å²) >= 11 is 0. The Bertz CT molecular complexity index is 216. The Morgan fingerprint density at radius 2 is 1.92 bits per heavy atom. The first-order chi connectivity index (χ1) is 5.83. The summed E-state index contributed by atoms with van der Waals surface area (Å²) in [4.78, 5) is 0. The minimum atomic E-state index is 0.312. The van der Waals surface area contributed by atoms with E-state index >= 15 is 0 Å². The average Bonchev–Trinajstić information content (AvgIpc) is 2.09. The minimum Gasteiger partial charge on any atom is -0.468 e. The predicted molar refractivity (Wildman–Crippen MR) is 48.0 cm³/mol. The van der Waals surface area contributed by atoms with E-state index in [1.54, 1.807) is 0 Å². The molecule has 0 saturated carbocycles. The van der Waals surface area contributed by atoms with Gasteiger partial charge in [0.25, 0.3) is 0 Å². The van der Waals surface area contributed by atoms with Crippen LogP contribution < -0.4 is 4.74 Å². The first-order valence-corrected chi connectivity index (χ1v) is 3.95. The molecular formula is C10H13O2. The van der Waals surface area contributed by atoms with Gasteiger partial charge in [-0.25, -0.2) is 0 Å². The fourth-order valence-corrected chi connectivity index (χ4v) is 0.779. The fraction of sp³-hybridized carbons (Fsp3) is 0.300. The number of benzene rings is 1. The molecule has 0 N–H and O–H groups in total. The Balaban J connectivity index is 2.37. The molecule has 0 aliphatic carbocycles. The van der Waals surface area contributed by atoms with Gasteiger partial charge in [0.1, 0.15) is 5.75 Å². The van der Waals surface area contributed by atoms with Crippen molar-refractivity contribution in [2.45, 2.75) is 6.92 Å². The van der Waals surface area contributed by atoms with Crippen LogP contribution in [0, 0.1) is 6.92 Å². The van der Waals surface area contributed by atoms with Crippen LogP contribution in [0.2, 0.25) is 0 Å². The molecule has 0 atom stereocenters. The summed E-state index contributed by atoms with van der Waals surface area (Å²) in [5.74, 6) is 0.816. The maximum absolute atomic E-state index is 5.25. The van der Waals surface area contributed by atoms with E-state index in [0.717, 1.165) is 11.3 Å². The Labute approximate surface area is 73.1 Å². The van der Waals surface area contributed by atoms with Crippen LogP contribution in [0.25, 0.3) is 0 Å². The second-order valence-corrected chi connectivity index (χ2v) is 2.40.